The monoisotopic (exact) mass is 258 g/mol. The number of carbonyl (C=O) groups is 2. The fourth-order valence-corrected chi connectivity index (χ4v) is 2.89. The van der Waals surface area contributed by atoms with Gasteiger partial charge < -0.3 is 10.6 Å². The van der Waals surface area contributed by atoms with Gasteiger partial charge in [-0.25, -0.2) is 0 Å². The molecule has 1 aromatic carbocycles. The molecule has 1 fully saturated rings. The maximum Gasteiger partial charge on any atom is 0.235 e. The fourth-order valence-electron chi connectivity index (χ4n) is 2.89. The van der Waals surface area contributed by atoms with E-state index in [-0.39, 0.29) is 17.7 Å². The van der Waals surface area contributed by atoms with Crippen LogP contribution in [0.2, 0.25) is 0 Å². The molecule has 0 bridgehead atoms. The maximum absolute atomic E-state index is 12.2. The van der Waals surface area contributed by atoms with Gasteiger partial charge in [-0.1, -0.05) is 32.0 Å². The maximum atomic E-state index is 12.2. The third-order valence-corrected chi connectivity index (χ3v) is 4.02. The molecular weight excluding hydrogens is 240 g/mol. The number of benzene rings is 1. The molecule has 0 radical (unpaired) electrons. The summed E-state index contributed by atoms with van der Waals surface area (Å²) in [4.78, 5) is 24.3. The zero-order valence-corrected chi connectivity index (χ0v) is 11.2. The van der Waals surface area contributed by atoms with Crippen molar-refractivity contribution >= 4 is 17.5 Å². The third-order valence-electron chi connectivity index (χ3n) is 4.02. The van der Waals surface area contributed by atoms with E-state index >= 15 is 0 Å². The molecule has 4 heteroatoms. The molecule has 0 saturated heterocycles. The lowest BCUT2D eigenvalue weighted by Gasteiger charge is -2.10. The Bertz CT molecular complexity index is 553. The summed E-state index contributed by atoms with van der Waals surface area (Å²) < 4.78 is 0. The van der Waals surface area contributed by atoms with E-state index < -0.39 is 5.41 Å². The Morgan fingerprint density at radius 2 is 2.21 bits per heavy atom. The summed E-state index contributed by atoms with van der Waals surface area (Å²) in [5, 5.41) is 5.81. The number of fused-ring (bicyclic) bond motifs is 2. The van der Waals surface area contributed by atoms with E-state index in [1.165, 1.54) is 0 Å². The fraction of sp³-hybridized carbons (Fsp3) is 0.467. The number of hydrogen-bond acceptors (Lipinski definition) is 2. The normalized spacial score (nSPS) is 27.3. The van der Waals surface area contributed by atoms with Crippen LogP contribution in [-0.4, -0.2) is 18.4 Å². The number of anilines is 1. The largest absolute Gasteiger partial charge is 0.356 e. The molecule has 2 N–H and O–H groups in total. The topological polar surface area (TPSA) is 58.2 Å². The summed E-state index contributed by atoms with van der Waals surface area (Å²) in [5.41, 5.74) is 1.23. The van der Waals surface area contributed by atoms with Gasteiger partial charge in [-0.3, -0.25) is 9.59 Å². The summed E-state index contributed by atoms with van der Waals surface area (Å²) >= 11 is 0. The Kier molecular flexibility index (Phi) is 2.62. The van der Waals surface area contributed by atoms with Gasteiger partial charge in [-0.15, -0.1) is 0 Å². The van der Waals surface area contributed by atoms with Crippen LogP contribution < -0.4 is 10.6 Å². The highest BCUT2D eigenvalue weighted by molar-refractivity contribution is 6.12. The van der Waals surface area contributed by atoms with Gasteiger partial charge in [0, 0.05) is 12.2 Å². The second-order valence-electron chi connectivity index (χ2n) is 5.87. The molecule has 3 rings (SSSR count). The average molecular weight is 258 g/mol. The molecule has 1 aliphatic carbocycles. The second-order valence-corrected chi connectivity index (χ2v) is 5.87. The Morgan fingerprint density at radius 3 is 2.95 bits per heavy atom. The zero-order chi connectivity index (χ0) is 13.6. The van der Waals surface area contributed by atoms with Crippen molar-refractivity contribution in [2.45, 2.75) is 25.7 Å². The summed E-state index contributed by atoms with van der Waals surface area (Å²) in [7, 11) is 0. The van der Waals surface area contributed by atoms with E-state index in [1.54, 1.807) is 0 Å². The van der Waals surface area contributed by atoms with Crippen molar-refractivity contribution in [3.05, 3.63) is 29.8 Å². The number of rotatable bonds is 3. The molecule has 1 aliphatic heterocycles. The van der Waals surface area contributed by atoms with Gasteiger partial charge in [-0.2, -0.15) is 0 Å². The Morgan fingerprint density at radius 1 is 1.47 bits per heavy atom. The van der Waals surface area contributed by atoms with Crippen LogP contribution in [0.3, 0.4) is 0 Å². The van der Waals surface area contributed by atoms with Crippen molar-refractivity contribution in [3.8, 4) is 0 Å². The highest BCUT2D eigenvalue weighted by atomic mass is 16.2. The van der Waals surface area contributed by atoms with Gasteiger partial charge in [0.2, 0.25) is 11.8 Å². The number of para-hydroxylation sites is 1. The first-order valence-electron chi connectivity index (χ1n) is 6.74. The van der Waals surface area contributed by atoms with E-state index in [1.807, 2.05) is 24.3 Å². The van der Waals surface area contributed by atoms with Crippen LogP contribution in [-0.2, 0) is 15.0 Å². The molecule has 100 valence electrons. The van der Waals surface area contributed by atoms with Crippen LogP contribution >= 0.6 is 0 Å². The van der Waals surface area contributed by atoms with E-state index in [0.29, 0.717) is 18.9 Å². The molecule has 1 aromatic rings. The zero-order valence-electron chi connectivity index (χ0n) is 11.2. The highest BCUT2D eigenvalue weighted by Crippen LogP contribution is 2.59. The lowest BCUT2D eigenvalue weighted by atomic mass is 9.94. The van der Waals surface area contributed by atoms with Crippen molar-refractivity contribution in [2.75, 3.05) is 11.9 Å². The molecule has 19 heavy (non-hydrogen) atoms. The lowest BCUT2D eigenvalue weighted by Crippen LogP contribution is -2.33. The Labute approximate surface area is 112 Å². The minimum absolute atomic E-state index is 0.000512. The second kappa shape index (κ2) is 4.08. The first-order valence-corrected chi connectivity index (χ1v) is 6.74. The van der Waals surface area contributed by atoms with Crippen LogP contribution in [0, 0.1) is 11.8 Å². The van der Waals surface area contributed by atoms with Crippen LogP contribution in [0.1, 0.15) is 25.8 Å². The van der Waals surface area contributed by atoms with Crippen molar-refractivity contribution < 1.29 is 9.59 Å². The summed E-state index contributed by atoms with van der Waals surface area (Å²) in [6.07, 6.45) is 0.625. The lowest BCUT2D eigenvalue weighted by molar-refractivity contribution is -0.125. The number of hydrogen-bond donors (Lipinski definition) is 2. The summed E-state index contributed by atoms with van der Waals surface area (Å²) in [5.74, 6) is 0.178. The number of carbonyl (C=O) groups excluding carboxylic acids is 2. The minimum Gasteiger partial charge on any atom is -0.356 e. The standard InChI is InChI=1S/C15H18N2O2/c1-9(2)8-16-13(18)11-7-15(11)10-5-3-4-6-12(10)17-14(15)19/h3-6,9,11H,7-8H2,1-2H3,(H,16,18)(H,17,19)/t11-,15+/m1/s1. The van der Waals surface area contributed by atoms with E-state index in [2.05, 4.69) is 24.5 Å². The first-order chi connectivity index (χ1) is 9.05. The van der Waals surface area contributed by atoms with Gasteiger partial charge in [-0.05, 0) is 24.0 Å². The van der Waals surface area contributed by atoms with E-state index in [0.717, 1.165) is 11.3 Å². The van der Waals surface area contributed by atoms with Gasteiger partial charge in [0.05, 0.1) is 11.3 Å². The van der Waals surface area contributed by atoms with Crippen molar-refractivity contribution in [1.82, 2.24) is 5.32 Å². The first kappa shape index (κ1) is 12.2. The van der Waals surface area contributed by atoms with Gasteiger partial charge >= 0.3 is 0 Å². The van der Waals surface area contributed by atoms with Crippen LogP contribution in [0.15, 0.2) is 24.3 Å². The molecular formula is C15H18N2O2. The Balaban J connectivity index is 1.80. The van der Waals surface area contributed by atoms with Crippen LogP contribution in [0.25, 0.3) is 0 Å². The molecule has 0 unspecified atom stereocenters. The molecule has 4 nitrogen and oxygen atoms in total. The molecule has 2 aliphatic rings. The Hall–Kier alpha value is -1.84. The average Bonchev–Trinajstić information content (AvgIpc) is 3.06. The molecule has 2 amide bonds. The predicted molar refractivity (Wildman–Crippen MR) is 72.7 cm³/mol. The predicted octanol–water partition coefficient (Wildman–Crippen LogP) is 1.67. The van der Waals surface area contributed by atoms with Crippen molar-refractivity contribution in [1.29, 1.82) is 0 Å². The quantitative estimate of drug-likeness (QED) is 0.866. The number of nitrogens with one attached hydrogen (secondary N) is 2. The van der Waals surface area contributed by atoms with Crippen molar-refractivity contribution in [2.24, 2.45) is 11.8 Å². The molecule has 1 heterocycles. The molecule has 2 atom stereocenters. The van der Waals surface area contributed by atoms with Crippen LogP contribution in [0.4, 0.5) is 5.69 Å². The van der Waals surface area contributed by atoms with Gasteiger partial charge in [0.15, 0.2) is 0 Å². The number of amides is 2. The van der Waals surface area contributed by atoms with Gasteiger partial charge in [0.1, 0.15) is 0 Å². The SMILES string of the molecule is CC(C)CNC(=O)[C@H]1C[C@@]12C(=O)Nc1ccccc12. The van der Waals surface area contributed by atoms with Crippen LogP contribution in [0.5, 0.6) is 0 Å². The summed E-state index contributed by atoms with van der Waals surface area (Å²) in [6.45, 7) is 4.77. The van der Waals surface area contributed by atoms with Crippen molar-refractivity contribution in [3.63, 3.8) is 0 Å². The smallest absolute Gasteiger partial charge is 0.235 e. The van der Waals surface area contributed by atoms with E-state index in [9.17, 15) is 9.59 Å². The minimum atomic E-state index is -0.600. The van der Waals surface area contributed by atoms with Gasteiger partial charge in [0.25, 0.3) is 0 Å². The molecule has 0 aromatic heterocycles. The third kappa shape index (κ3) is 1.74. The van der Waals surface area contributed by atoms with E-state index in [4.69, 9.17) is 0 Å². The highest BCUT2D eigenvalue weighted by Gasteiger charge is 2.67. The summed E-state index contributed by atoms with van der Waals surface area (Å²) in [6, 6.07) is 7.66. The molecule has 1 saturated carbocycles. The molecule has 1 spiro atoms.